The molecule has 8 N–H and O–H groups in total. The highest BCUT2D eigenvalue weighted by atomic mass is 32.2. The second kappa shape index (κ2) is 15.7. The minimum Gasteiger partial charge on any atom is -0.481 e. The van der Waals surface area contributed by atoms with Crippen molar-refractivity contribution in [3.8, 4) is 0 Å². The van der Waals surface area contributed by atoms with Gasteiger partial charge in [-0.2, -0.15) is 11.8 Å². The number of nitrogens with two attached hydrogens (primary N) is 1. The average molecular weight is 513 g/mol. The lowest BCUT2D eigenvalue weighted by Gasteiger charge is -2.25. The summed E-state index contributed by atoms with van der Waals surface area (Å²) in [7, 11) is 0. The van der Waals surface area contributed by atoms with Crippen molar-refractivity contribution in [1.29, 1.82) is 0 Å². The van der Waals surface area contributed by atoms with Gasteiger partial charge < -0.3 is 37.0 Å². The van der Waals surface area contributed by atoms with Crippen molar-refractivity contribution in [2.75, 3.05) is 18.6 Å². The van der Waals surface area contributed by atoms with E-state index in [0.29, 0.717) is 11.3 Å². The molecule has 0 fully saturated rings. The monoisotopic (exact) mass is 512 g/mol. The minimum atomic E-state index is -1.54. The molecule has 0 aromatic heterocycles. The topological polar surface area (TPSA) is 208 Å². The summed E-state index contributed by atoms with van der Waals surface area (Å²) in [5.41, 5.74) is 6.48. The maximum atomic E-state index is 13.1. The first-order chi connectivity index (χ1) is 16.6. The fourth-order valence-electron chi connectivity index (χ4n) is 2.98. The molecular formula is C22H32N4O8S. The molecule has 0 aliphatic heterocycles. The summed E-state index contributed by atoms with van der Waals surface area (Å²) in [6.07, 6.45) is 1.57. The molecule has 12 nitrogen and oxygen atoms in total. The van der Waals surface area contributed by atoms with Crippen molar-refractivity contribution >= 4 is 41.4 Å². The van der Waals surface area contributed by atoms with Crippen LogP contribution in [0.4, 0.5) is 0 Å². The lowest BCUT2D eigenvalue weighted by molar-refractivity contribution is -0.143. The first-order valence-corrected chi connectivity index (χ1v) is 12.2. The van der Waals surface area contributed by atoms with E-state index < -0.39 is 60.4 Å². The van der Waals surface area contributed by atoms with Crippen LogP contribution in [-0.4, -0.2) is 87.8 Å². The molecule has 0 heterocycles. The van der Waals surface area contributed by atoms with E-state index in [-0.39, 0.29) is 25.7 Å². The number of rotatable bonds is 16. The van der Waals surface area contributed by atoms with Crippen molar-refractivity contribution in [3.05, 3.63) is 35.9 Å². The van der Waals surface area contributed by atoms with Crippen LogP contribution in [0.3, 0.4) is 0 Å². The van der Waals surface area contributed by atoms with Gasteiger partial charge in [0.1, 0.15) is 18.1 Å². The van der Waals surface area contributed by atoms with E-state index >= 15 is 0 Å². The minimum absolute atomic E-state index is 0.0648. The number of hydrogen-bond donors (Lipinski definition) is 7. The van der Waals surface area contributed by atoms with Crippen LogP contribution >= 0.6 is 11.8 Å². The SMILES string of the molecule is CSCCC(NC(=O)C(Cc1ccccc1)NC(=O)C(N)CCC(=O)O)C(=O)NC(CO)C(=O)O. The Morgan fingerprint density at radius 3 is 2.00 bits per heavy atom. The fraction of sp³-hybridized carbons (Fsp3) is 0.500. The molecule has 3 amide bonds. The van der Waals surface area contributed by atoms with Gasteiger partial charge in [-0.15, -0.1) is 0 Å². The smallest absolute Gasteiger partial charge is 0.328 e. The largest absolute Gasteiger partial charge is 0.481 e. The Hall–Kier alpha value is -3.16. The molecule has 1 aromatic carbocycles. The molecule has 35 heavy (non-hydrogen) atoms. The number of hydrogen-bond acceptors (Lipinski definition) is 8. The van der Waals surface area contributed by atoms with E-state index in [0.717, 1.165) is 0 Å². The highest BCUT2D eigenvalue weighted by Gasteiger charge is 2.30. The zero-order valence-electron chi connectivity index (χ0n) is 19.3. The Morgan fingerprint density at radius 1 is 0.886 bits per heavy atom. The number of amides is 3. The molecule has 13 heteroatoms. The van der Waals surface area contributed by atoms with Crippen molar-refractivity contribution < 1.29 is 39.3 Å². The second-order valence-corrected chi connectivity index (χ2v) is 8.70. The summed E-state index contributed by atoms with van der Waals surface area (Å²) in [5.74, 6) is -4.30. The highest BCUT2D eigenvalue weighted by molar-refractivity contribution is 7.98. The molecule has 194 valence electrons. The van der Waals surface area contributed by atoms with Gasteiger partial charge in [-0.1, -0.05) is 30.3 Å². The molecule has 1 aromatic rings. The highest BCUT2D eigenvalue weighted by Crippen LogP contribution is 2.07. The zero-order valence-corrected chi connectivity index (χ0v) is 20.1. The number of thioether (sulfide) groups is 1. The molecule has 0 aliphatic rings. The quantitative estimate of drug-likeness (QED) is 0.139. The number of aliphatic hydroxyl groups is 1. The fourth-order valence-corrected chi connectivity index (χ4v) is 3.45. The number of benzene rings is 1. The predicted octanol–water partition coefficient (Wildman–Crippen LogP) is -1.29. The molecule has 0 aliphatic carbocycles. The summed E-state index contributed by atoms with van der Waals surface area (Å²) in [6, 6.07) is 3.80. The Kier molecular flexibility index (Phi) is 13.4. The number of aliphatic carboxylic acids is 2. The zero-order chi connectivity index (χ0) is 26.4. The van der Waals surface area contributed by atoms with Gasteiger partial charge >= 0.3 is 11.9 Å². The van der Waals surface area contributed by atoms with Gasteiger partial charge in [0.15, 0.2) is 0 Å². The lowest BCUT2D eigenvalue weighted by Crippen LogP contribution is -2.58. The third-order valence-electron chi connectivity index (χ3n) is 4.96. The second-order valence-electron chi connectivity index (χ2n) is 7.71. The normalized spacial score (nSPS) is 14.1. The average Bonchev–Trinajstić information content (AvgIpc) is 2.82. The predicted molar refractivity (Wildman–Crippen MR) is 129 cm³/mol. The third-order valence-corrected chi connectivity index (χ3v) is 5.61. The molecule has 4 atom stereocenters. The summed E-state index contributed by atoms with van der Waals surface area (Å²) in [4.78, 5) is 60.2. The summed E-state index contributed by atoms with van der Waals surface area (Å²) in [6.45, 7) is -0.828. The summed E-state index contributed by atoms with van der Waals surface area (Å²) >= 11 is 1.41. The van der Waals surface area contributed by atoms with Crippen LogP contribution in [0.25, 0.3) is 0 Å². The van der Waals surface area contributed by atoms with Gasteiger partial charge in [0.25, 0.3) is 0 Å². The number of nitrogens with one attached hydrogen (secondary N) is 3. The number of carboxylic acids is 2. The number of carboxylic acid groups (broad SMARTS) is 2. The Balaban J connectivity index is 3.03. The van der Waals surface area contributed by atoms with Crippen molar-refractivity contribution in [1.82, 2.24) is 16.0 Å². The van der Waals surface area contributed by atoms with E-state index in [2.05, 4.69) is 16.0 Å². The first kappa shape index (κ1) is 29.9. The van der Waals surface area contributed by atoms with Crippen LogP contribution in [0.5, 0.6) is 0 Å². The van der Waals surface area contributed by atoms with Gasteiger partial charge in [-0.25, -0.2) is 4.79 Å². The third kappa shape index (κ3) is 11.2. The van der Waals surface area contributed by atoms with Crippen molar-refractivity contribution in [3.63, 3.8) is 0 Å². The molecule has 1 rings (SSSR count). The lowest BCUT2D eigenvalue weighted by atomic mass is 10.0. The Labute approximate surface area is 207 Å². The van der Waals surface area contributed by atoms with Gasteiger partial charge in [-0.3, -0.25) is 19.2 Å². The van der Waals surface area contributed by atoms with Gasteiger partial charge in [-0.05, 0) is 30.4 Å². The van der Waals surface area contributed by atoms with E-state index in [9.17, 15) is 29.1 Å². The maximum absolute atomic E-state index is 13.1. The molecule has 4 unspecified atom stereocenters. The van der Waals surface area contributed by atoms with Crippen LogP contribution < -0.4 is 21.7 Å². The van der Waals surface area contributed by atoms with E-state index in [1.165, 1.54) is 11.8 Å². The van der Waals surface area contributed by atoms with Gasteiger partial charge in [0.2, 0.25) is 17.7 Å². The molecule has 0 saturated heterocycles. The summed E-state index contributed by atoms with van der Waals surface area (Å²) in [5, 5.41) is 34.3. The molecule has 0 saturated carbocycles. The van der Waals surface area contributed by atoms with Gasteiger partial charge in [0.05, 0.1) is 12.6 Å². The van der Waals surface area contributed by atoms with Crippen LogP contribution in [0.1, 0.15) is 24.8 Å². The van der Waals surface area contributed by atoms with E-state index in [1.807, 2.05) is 0 Å². The van der Waals surface area contributed by atoms with Crippen LogP contribution in [0, 0.1) is 0 Å². The number of aliphatic hydroxyl groups excluding tert-OH is 1. The Morgan fingerprint density at radius 2 is 1.46 bits per heavy atom. The van der Waals surface area contributed by atoms with Crippen LogP contribution in [0.2, 0.25) is 0 Å². The molecular weight excluding hydrogens is 480 g/mol. The molecule has 0 radical (unpaired) electrons. The first-order valence-electron chi connectivity index (χ1n) is 10.8. The van der Waals surface area contributed by atoms with Crippen LogP contribution in [-0.2, 0) is 30.4 Å². The standard InChI is InChI=1S/C22H32N4O8S/c1-35-10-9-15(20(31)26-17(12-27)22(33)34)24-21(32)16(11-13-5-3-2-4-6-13)25-19(30)14(23)7-8-18(28)29/h2-6,14-17,27H,7-12,23H2,1H3,(H,24,32)(H,25,30)(H,26,31)(H,28,29)(H,33,34). The summed E-state index contributed by atoms with van der Waals surface area (Å²) < 4.78 is 0. The van der Waals surface area contributed by atoms with Gasteiger partial charge in [0, 0.05) is 12.8 Å². The van der Waals surface area contributed by atoms with Crippen LogP contribution in [0.15, 0.2) is 30.3 Å². The van der Waals surface area contributed by atoms with E-state index in [1.54, 1.807) is 36.6 Å². The Bertz CT molecular complexity index is 870. The number of carbonyl (C=O) groups is 5. The van der Waals surface area contributed by atoms with Crippen molar-refractivity contribution in [2.45, 2.75) is 49.9 Å². The number of carbonyl (C=O) groups excluding carboxylic acids is 3. The van der Waals surface area contributed by atoms with E-state index in [4.69, 9.17) is 15.9 Å². The maximum Gasteiger partial charge on any atom is 0.328 e. The molecule has 0 spiro atoms. The molecule has 0 bridgehead atoms. The van der Waals surface area contributed by atoms with Crippen molar-refractivity contribution in [2.24, 2.45) is 5.73 Å².